The number of likely N-dealkylation sites (tertiary alicyclic amines) is 1. The summed E-state index contributed by atoms with van der Waals surface area (Å²) in [4.78, 5) is 15.7. The number of phenolic OH excluding ortho intramolecular Hbond substituents is 1. The van der Waals surface area contributed by atoms with E-state index in [4.69, 9.17) is 4.74 Å². The van der Waals surface area contributed by atoms with E-state index in [1.54, 1.807) is 29.2 Å². The fourth-order valence-corrected chi connectivity index (χ4v) is 2.74. The normalized spacial score (nSPS) is 28.1. The van der Waals surface area contributed by atoms with Gasteiger partial charge in [-0.15, -0.1) is 0 Å². The zero-order valence-electron chi connectivity index (χ0n) is 10.3. The Morgan fingerprint density at radius 3 is 2.89 bits per heavy atom. The first-order chi connectivity index (χ1) is 8.58. The smallest absolute Gasteiger partial charge is 0.415 e. The van der Waals surface area contributed by atoms with Crippen LogP contribution in [0.1, 0.15) is 6.42 Å². The van der Waals surface area contributed by atoms with Crippen molar-refractivity contribution in [2.45, 2.75) is 12.0 Å². The molecule has 0 bridgehead atoms. The third kappa shape index (κ3) is 1.80. The number of benzene rings is 1. The number of hydrogen-bond acceptors (Lipinski definition) is 4. The Kier molecular flexibility index (Phi) is 2.45. The van der Waals surface area contributed by atoms with Crippen molar-refractivity contribution in [3.63, 3.8) is 0 Å². The monoisotopic (exact) mass is 248 g/mol. The first-order valence-electron chi connectivity index (χ1n) is 6.06. The van der Waals surface area contributed by atoms with Gasteiger partial charge in [0.1, 0.15) is 11.4 Å². The molecule has 3 rings (SSSR count). The molecule has 5 nitrogen and oxygen atoms in total. The molecular weight excluding hydrogens is 232 g/mol. The third-order valence-corrected chi connectivity index (χ3v) is 3.62. The molecule has 2 fully saturated rings. The highest BCUT2D eigenvalue weighted by Crippen LogP contribution is 2.35. The number of likely N-dealkylation sites (N-methyl/N-ethyl adjacent to an activating group) is 1. The highest BCUT2D eigenvalue weighted by molar-refractivity contribution is 5.90. The van der Waals surface area contributed by atoms with Crippen LogP contribution in [0.3, 0.4) is 0 Å². The molecule has 0 aromatic heterocycles. The molecule has 96 valence electrons. The summed E-state index contributed by atoms with van der Waals surface area (Å²) in [5, 5.41) is 9.47. The average molecular weight is 248 g/mol. The van der Waals surface area contributed by atoms with E-state index >= 15 is 0 Å². The predicted molar refractivity (Wildman–Crippen MR) is 66.8 cm³/mol. The molecule has 1 spiro atoms. The summed E-state index contributed by atoms with van der Waals surface area (Å²) < 4.78 is 5.55. The Hall–Kier alpha value is -1.75. The Labute approximate surface area is 106 Å². The van der Waals surface area contributed by atoms with E-state index in [-0.39, 0.29) is 17.4 Å². The van der Waals surface area contributed by atoms with Gasteiger partial charge in [-0.25, -0.2) is 4.79 Å². The third-order valence-electron chi connectivity index (χ3n) is 3.62. The second-order valence-electron chi connectivity index (χ2n) is 5.14. The summed E-state index contributed by atoms with van der Waals surface area (Å²) >= 11 is 0. The van der Waals surface area contributed by atoms with E-state index in [0.29, 0.717) is 12.2 Å². The molecule has 5 heteroatoms. The van der Waals surface area contributed by atoms with Crippen molar-refractivity contribution in [3.05, 3.63) is 24.3 Å². The molecule has 18 heavy (non-hydrogen) atoms. The number of hydrogen-bond donors (Lipinski definition) is 1. The van der Waals surface area contributed by atoms with Gasteiger partial charge in [-0.3, -0.25) is 4.90 Å². The zero-order chi connectivity index (χ0) is 12.8. The van der Waals surface area contributed by atoms with Crippen LogP contribution in [0, 0.1) is 0 Å². The van der Waals surface area contributed by atoms with Gasteiger partial charge in [0.05, 0.1) is 12.2 Å². The van der Waals surface area contributed by atoms with Gasteiger partial charge in [-0.1, -0.05) is 6.07 Å². The van der Waals surface area contributed by atoms with Gasteiger partial charge < -0.3 is 14.7 Å². The SMILES string of the molecule is CN1CCC2(C1)CN(c1cccc(O)c1)C(=O)O2. The lowest BCUT2D eigenvalue weighted by molar-refractivity contribution is 0.0658. The quantitative estimate of drug-likeness (QED) is 0.816. The van der Waals surface area contributed by atoms with Gasteiger partial charge in [0.2, 0.25) is 0 Å². The number of amides is 1. The number of rotatable bonds is 1. The molecule has 2 heterocycles. The van der Waals surface area contributed by atoms with Crippen LogP contribution in [0.15, 0.2) is 24.3 Å². The molecule has 1 amide bonds. The topological polar surface area (TPSA) is 53.0 Å². The Bertz CT molecular complexity index is 491. The largest absolute Gasteiger partial charge is 0.508 e. The maximum atomic E-state index is 12.0. The van der Waals surface area contributed by atoms with Crippen molar-refractivity contribution >= 4 is 11.8 Å². The van der Waals surface area contributed by atoms with Crippen LogP contribution in [0.4, 0.5) is 10.5 Å². The second kappa shape index (κ2) is 3.88. The van der Waals surface area contributed by atoms with Gasteiger partial charge in [-0.2, -0.15) is 0 Å². The molecule has 2 saturated heterocycles. The van der Waals surface area contributed by atoms with Crippen molar-refractivity contribution in [3.8, 4) is 5.75 Å². The minimum absolute atomic E-state index is 0.157. The lowest BCUT2D eigenvalue weighted by Crippen LogP contribution is -2.37. The molecular formula is C13H16N2O3. The van der Waals surface area contributed by atoms with E-state index in [9.17, 15) is 9.90 Å². The van der Waals surface area contributed by atoms with Crippen LogP contribution in [0.2, 0.25) is 0 Å². The first kappa shape index (κ1) is 11.3. The fourth-order valence-electron chi connectivity index (χ4n) is 2.74. The molecule has 1 atom stereocenters. The van der Waals surface area contributed by atoms with Gasteiger partial charge in [0.25, 0.3) is 0 Å². The summed E-state index contributed by atoms with van der Waals surface area (Å²) in [6, 6.07) is 6.70. The molecule has 0 saturated carbocycles. The van der Waals surface area contributed by atoms with Crippen molar-refractivity contribution in [1.82, 2.24) is 4.90 Å². The van der Waals surface area contributed by atoms with Crippen LogP contribution >= 0.6 is 0 Å². The number of anilines is 1. The van der Waals surface area contributed by atoms with Crippen molar-refractivity contribution in [2.24, 2.45) is 0 Å². The Morgan fingerprint density at radius 1 is 1.39 bits per heavy atom. The summed E-state index contributed by atoms with van der Waals surface area (Å²) in [6.45, 7) is 2.27. The second-order valence-corrected chi connectivity index (χ2v) is 5.14. The predicted octanol–water partition coefficient (Wildman–Crippen LogP) is 1.42. The van der Waals surface area contributed by atoms with Crippen molar-refractivity contribution in [1.29, 1.82) is 0 Å². The van der Waals surface area contributed by atoms with E-state index in [1.165, 1.54) is 0 Å². The Balaban J connectivity index is 1.85. The number of carbonyl (C=O) groups excluding carboxylic acids is 1. The number of nitrogens with zero attached hydrogens (tertiary/aromatic N) is 2. The maximum absolute atomic E-state index is 12.0. The van der Waals surface area contributed by atoms with E-state index in [2.05, 4.69) is 4.90 Å². The maximum Gasteiger partial charge on any atom is 0.415 e. The summed E-state index contributed by atoms with van der Waals surface area (Å²) in [5.41, 5.74) is 0.309. The summed E-state index contributed by atoms with van der Waals surface area (Å²) in [6.07, 6.45) is 0.542. The molecule has 1 unspecified atom stereocenters. The van der Waals surface area contributed by atoms with Crippen LogP contribution in [0.5, 0.6) is 5.75 Å². The molecule has 1 aromatic rings. The first-order valence-corrected chi connectivity index (χ1v) is 6.06. The van der Waals surface area contributed by atoms with Gasteiger partial charge in [0, 0.05) is 25.6 Å². The average Bonchev–Trinajstić information content (AvgIpc) is 2.83. The Morgan fingerprint density at radius 2 is 2.22 bits per heavy atom. The molecule has 0 aliphatic carbocycles. The minimum Gasteiger partial charge on any atom is -0.508 e. The highest BCUT2D eigenvalue weighted by Gasteiger charge is 2.49. The van der Waals surface area contributed by atoms with Crippen molar-refractivity contribution < 1.29 is 14.6 Å². The molecule has 1 N–H and O–H groups in total. The highest BCUT2D eigenvalue weighted by atomic mass is 16.6. The number of carbonyl (C=O) groups is 1. The van der Waals surface area contributed by atoms with E-state index in [1.807, 2.05) is 7.05 Å². The fraction of sp³-hybridized carbons (Fsp3) is 0.462. The van der Waals surface area contributed by atoms with Crippen molar-refractivity contribution in [2.75, 3.05) is 31.6 Å². The molecule has 2 aliphatic rings. The standard InChI is InChI=1S/C13H16N2O3/c1-14-6-5-13(8-14)9-15(12(17)18-13)10-3-2-4-11(16)7-10/h2-4,7,16H,5-6,8-9H2,1H3. The van der Waals surface area contributed by atoms with Gasteiger partial charge >= 0.3 is 6.09 Å². The lowest BCUT2D eigenvalue weighted by Gasteiger charge is -2.20. The summed E-state index contributed by atoms with van der Waals surface area (Å²) in [5.74, 6) is 0.157. The van der Waals surface area contributed by atoms with Gasteiger partial charge in [0.15, 0.2) is 0 Å². The summed E-state index contributed by atoms with van der Waals surface area (Å²) in [7, 11) is 2.03. The number of aromatic hydroxyl groups is 1. The van der Waals surface area contributed by atoms with E-state index in [0.717, 1.165) is 19.5 Å². The zero-order valence-corrected chi connectivity index (χ0v) is 10.3. The molecule has 2 aliphatic heterocycles. The number of phenols is 1. The van der Waals surface area contributed by atoms with Gasteiger partial charge in [-0.05, 0) is 19.2 Å². The molecule has 1 aromatic carbocycles. The minimum atomic E-state index is -0.378. The van der Waals surface area contributed by atoms with Crippen LogP contribution in [-0.2, 0) is 4.74 Å². The van der Waals surface area contributed by atoms with Crippen LogP contribution in [-0.4, -0.2) is 48.4 Å². The number of ether oxygens (including phenoxy) is 1. The lowest BCUT2D eigenvalue weighted by atomic mass is 10.0. The van der Waals surface area contributed by atoms with Crippen LogP contribution < -0.4 is 4.90 Å². The molecule has 0 radical (unpaired) electrons. The van der Waals surface area contributed by atoms with E-state index < -0.39 is 0 Å². The van der Waals surface area contributed by atoms with Crippen LogP contribution in [0.25, 0.3) is 0 Å².